The Hall–Kier alpha value is -4.04. The Morgan fingerprint density at radius 1 is 1.07 bits per heavy atom. The zero-order valence-electron chi connectivity index (χ0n) is 26.0. The second-order valence-electron chi connectivity index (χ2n) is 13.2. The summed E-state index contributed by atoms with van der Waals surface area (Å²) in [7, 11) is 0. The summed E-state index contributed by atoms with van der Waals surface area (Å²) in [6.45, 7) is 6.56. The standard InChI is InChI=1S/C37H40N2O5S/c1-37(2,3)26-9-12-27(13-10-26)44-28-11-8-24-19-32(38-31(30(24)20-28)18-23-6-4-5-7-23)35(40)39-33(36(41)42)21-29-14-15-34(45-29)25-16-17-43-22-25/h8-14,16-17,19-20,22-23,33-34H,4-7,15,18,21H2,1-3H3,(H,39,40)(H,41,42). The number of carbonyl (C=O) groups excluding carboxylic acids is 1. The van der Waals surface area contributed by atoms with Gasteiger partial charge in [0.2, 0.25) is 0 Å². The lowest BCUT2D eigenvalue weighted by Crippen LogP contribution is -2.41. The number of benzene rings is 2. The molecule has 2 atom stereocenters. The van der Waals surface area contributed by atoms with Crippen molar-refractivity contribution in [2.24, 2.45) is 5.92 Å². The number of ether oxygens (including phenoxy) is 1. The van der Waals surface area contributed by atoms with Crippen molar-refractivity contribution in [1.82, 2.24) is 10.3 Å². The first kappa shape index (κ1) is 31.0. The number of hydrogen-bond donors (Lipinski definition) is 2. The molecule has 8 heteroatoms. The topological polar surface area (TPSA) is 102 Å². The number of aromatic nitrogens is 1. The SMILES string of the molecule is CC(C)(C)c1ccc(Oc2ccc3cc(C(=O)NC(CC4=CCC(c5ccoc5)S4)C(=O)O)nc(CC4CCCC4)c3c2)cc1. The number of furan rings is 1. The number of nitrogens with zero attached hydrogens (tertiary/aromatic N) is 1. The molecule has 234 valence electrons. The van der Waals surface area contributed by atoms with Crippen LogP contribution in [0.5, 0.6) is 11.5 Å². The fraction of sp³-hybridized carbons (Fsp3) is 0.378. The third-order valence-electron chi connectivity index (χ3n) is 8.81. The van der Waals surface area contributed by atoms with Crippen molar-refractivity contribution in [3.8, 4) is 11.5 Å². The number of carbonyl (C=O) groups is 2. The highest BCUT2D eigenvalue weighted by Crippen LogP contribution is 2.45. The number of fused-ring (bicyclic) bond motifs is 1. The smallest absolute Gasteiger partial charge is 0.326 e. The molecule has 2 N–H and O–H groups in total. The molecule has 7 nitrogen and oxygen atoms in total. The van der Waals surface area contributed by atoms with E-state index in [1.165, 1.54) is 18.4 Å². The van der Waals surface area contributed by atoms with E-state index in [9.17, 15) is 14.7 Å². The molecule has 4 aromatic rings. The monoisotopic (exact) mass is 624 g/mol. The molecule has 2 aromatic carbocycles. The third kappa shape index (κ3) is 7.44. The number of rotatable bonds is 10. The van der Waals surface area contributed by atoms with Gasteiger partial charge in [0.15, 0.2) is 0 Å². The van der Waals surface area contributed by atoms with Crippen LogP contribution in [0.4, 0.5) is 0 Å². The maximum absolute atomic E-state index is 13.5. The fourth-order valence-corrected chi connectivity index (χ4v) is 7.51. The number of carboxylic acid groups (broad SMARTS) is 1. The van der Waals surface area contributed by atoms with E-state index in [1.54, 1.807) is 30.4 Å². The predicted octanol–water partition coefficient (Wildman–Crippen LogP) is 8.99. The average molecular weight is 625 g/mol. The van der Waals surface area contributed by atoms with Gasteiger partial charge in [-0.3, -0.25) is 4.79 Å². The Morgan fingerprint density at radius 2 is 1.82 bits per heavy atom. The highest BCUT2D eigenvalue weighted by molar-refractivity contribution is 8.03. The van der Waals surface area contributed by atoms with Crippen LogP contribution in [-0.2, 0) is 16.6 Å². The minimum atomic E-state index is -1.07. The lowest BCUT2D eigenvalue weighted by Gasteiger charge is -2.19. The van der Waals surface area contributed by atoms with E-state index in [4.69, 9.17) is 14.1 Å². The number of aliphatic carboxylic acids is 1. The number of pyridine rings is 1. The Bertz CT molecular complexity index is 1700. The van der Waals surface area contributed by atoms with Crippen LogP contribution >= 0.6 is 11.8 Å². The predicted molar refractivity (Wildman–Crippen MR) is 178 cm³/mol. The molecule has 6 rings (SSSR count). The summed E-state index contributed by atoms with van der Waals surface area (Å²) in [4.78, 5) is 31.5. The van der Waals surface area contributed by atoms with Crippen molar-refractivity contribution in [3.05, 3.63) is 101 Å². The lowest BCUT2D eigenvalue weighted by molar-refractivity contribution is -0.139. The zero-order valence-corrected chi connectivity index (χ0v) is 26.9. The highest BCUT2D eigenvalue weighted by atomic mass is 32.2. The number of hydrogen-bond acceptors (Lipinski definition) is 6. The summed E-state index contributed by atoms with van der Waals surface area (Å²) < 4.78 is 11.5. The summed E-state index contributed by atoms with van der Waals surface area (Å²) in [6.07, 6.45) is 11.9. The lowest BCUT2D eigenvalue weighted by atomic mass is 9.87. The molecule has 2 aromatic heterocycles. The molecular weight excluding hydrogens is 584 g/mol. The molecule has 2 unspecified atom stereocenters. The van der Waals surface area contributed by atoms with Gasteiger partial charge in [-0.25, -0.2) is 9.78 Å². The van der Waals surface area contributed by atoms with Gasteiger partial charge in [-0.1, -0.05) is 70.7 Å². The van der Waals surface area contributed by atoms with E-state index in [0.29, 0.717) is 11.7 Å². The molecule has 1 saturated carbocycles. The first-order chi connectivity index (χ1) is 21.6. The minimum absolute atomic E-state index is 0.0628. The van der Waals surface area contributed by atoms with E-state index in [-0.39, 0.29) is 22.8 Å². The van der Waals surface area contributed by atoms with Gasteiger partial charge in [0.05, 0.1) is 12.5 Å². The van der Waals surface area contributed by atoms with E-state index in [2.05, 4.69) is 44.3 Å². The molecule has 0 bridgehead atoms. The Labute approximate surface area is 268 Å². The molecule has 1 amide bonds. The van der Waals surface area contributed by atoms with Crippen LogP contribution in [0.3, 0.4) is 0 Å². The van der Waals surface area contributed by atoms with E-state index in [0.717, 1.165) is 58.4 Å². The maximum Gasteiger partial charge on any atom is 0.326 e. The van der Waals surface area contributed by atoms with Crippen molar-refractivity contribution in [1.29, 1.82) is 0 Å². The van der Waals surface area contributed by atoms with Crippen LogP contribution in [-0.4, -0.2) is 28.0 Å². The van der Waals surface area contributed by atoms with E-state index < -0.39 is 17.9 Å². The first-order valence-corrected chi connectivity index (χ1v) is 16.6. The second-order valence-corrected chi connectivity index (χ2v) is 14.5. The van der Waals surface area contributed by atoms with E-state index >= 15 is 0 Å². The van der Waals surface area contributed by atoms with Gasteiger partial charge >= 0.3 is 5.97 Å². The summed E-state index contributed by atoms with van der Waals surface area (Å²) >= 11 is 1.62. The van der Waals surface area contributed by atoms with Gasteiger partial charge in [-0.15, -0.1) is 11.8 Å². The van der Waals surface area contributed by atoms with Gasteiger partial charge in [-0.05, 0) is 76.4 Å². The number of nitrogens with one attached hydrogen (secondary N) is 1. The van der Waals surface area contributed by atoms with Crippen LogP contribution in [0.15, 0.2) is 82.5 Å². The average Bonchev–Trinajstić information content (AvgIpc) is 3.80. The molecule has 2 aliphatic rings. The van der Waals surface area contributed by atoms with Crippen LogP contribution < -0.4 is 10.1 Å². The Balaban J connectivity index is 1.22. The van der Waals surface area contributed by atoms with Gasteiger partial charge < -0.3 is 19.6 Å². The van der Waals surface area contributed by atoms with Crippen molar-refractivity contribution in [2.45, 2.75) is 82.4 Å². The van der Waals surface area contributed by atoms with Crippen LogP contribution in [0.1, 0.15) is 91.9 Å². The normalized spacial score (nSPS) is 17.8. The molecule has 0 saturated heterocycles. The fourth-order valence-electron chi connectivity index (χ4n) is 6.22. The van der Waals surface area contributed by atoms with Crippen LogP contribution in [0.25, 0.3) is 10.8 Å². The van der Waals surface area contributed by atoms with Crippen molar-refractivity contribution < 1.29 is 23.8 Å². The van der Waals surface area contributed by atoms with Gasteiger partial charge in [0.25, 0.3) is 5.91 Å². The molecule has 1 aliphatic carbocycles. The van der Waals surface area contributed by atoms with Crippen LogP contribution in [0, 0.1) is 5.92 Å². The van der Waals surface area contributed by atoms with Gasteiger partial charge in [-0.2, -0.15) is 0 Å². The summed E-state index contributed by atoms with van der Waals surface area (Å²) in [5.41, 5.74) is 3.46. The molecule has 1 fully saturated rings. The largest absolute Gasteiger partial charge is 0.480 e. The van der Waals surface area contributed by atoms with Crippen LogP contribution in [0.2, 0.25) is 0 Å². The van der Waals surface area contributed by atoms with Gasteiger partial charge in [0, 0.05) is 28.3 Å². The molecule has 3 heterocycles. The van der Waals surface area contributed by atoms with Gasteiger partial charge in [0.1, 0.15) is 23.2 Å². The zero-order chi connectivity index (χ0) is 31.6. The Kier molecular flexibility index (Phi) is 9.04. The van der Waals surface area contributed by atoms with Crippen molar-refractivity contribution >= 4 is 34.4 Å². The summed E-state index contributed by atoms with van der Waals surface area (Å²) in [5, 5.41) is 14.8. The minimum Gasteiger partial charge on any atom is -0.480 e. The summed E-state index contributed by atoms with van der Waals surface area (Å²) in [6, 6.07) is 16.7. The van der Waals surface area contributed by atoms with Crippen molar-refractivity contribution in [2.75, 3.05) is 0 Å². The Morgan fingerprint density at radius 3 is 2.51 bits per heavy atom. The number of allylic oxidation sites excluding steroid dienone is 1. The second kappa shape index (κ2) is 13.1. The van der Waals surface area contributed by atoms with E-state index in [1.807, 2.05) is 36.4 Å². The molecule has 0 radical (unpaired) electrons. The third-order valence-corrected chi connectivity index (χ3v) is 10.2. The molecular formula is C37H40N2O5S. The number of amides is 1. The molecule has 1 aliphatic heterocycles. The first-order valence-electron chi connectivity index (χ1n) is 15.8. The quantitative estimate of drug-likeness (QED) is 0.182. The molecule has 45 heavy (non-hydrogen) atoms. The highest BCUT2D eigenvalue weighted by Gasteiger charge is 2.28. The maximum atomic E-state index is 13.5. The number of carboxylic acids is 1. The molecule has 0 spiro atoms. The number of thioether (sulfide) groups is 1. The van der Waals surface area contributed by atoms with Crippen molar-refractivity contribution in [3.63, 3.8) is 0 Å². The summed E-state index contributed by atoms with van der Waals surface area (Å²) in [5.74, 6) is 0.427.